The molecular weight excluding hydrogens is 256 g/mol. The van der Waals surface area contributed by atoms with E-state index in [4.69, 9.17) is 4.74 Å². The van der Waals surface area contributed by atoms with Gasteiger partial charge >= 0.3 is 5.97 Å². The first-order valence-corrected chi connectivity index (χ1v) is 7.03. The number of fused-ring (bicyclic) bond motifs is 3. The average Bonchev–Trinajstić information content (AvgIpc) is 3.19. The van der Waals surface area contributed by atoms with Crippen LogP contribution in [0.5, 0.6) is 0 Å². The number of rotatable bonds is 2. The molecule has 0 radical (unpaired) electrons. The second-order valence-corrected chi connectivity index (χ2v) is 5.78. The number of hydrogen-bond donors (Lipinski definition) is 0. The van der Waals surface area contributed by atoms with E-state index in [1.807, 2.05) is 0 Å². The lowest BCUT2D eigenvalue weighted by atomic mass is 9.95. The van der Waals surface area contributed by atoms with Gasteiger partial charge in [0.15, 0.2) is 11.3 Å². The highest BCUT2D eigenvalue weighted by Gasteiger charge is 2.41. The van der Waals surface area contributed by atoms with Crippen LogP contribution in [0.4, 0.5) is 0 Å². The quantitative estimate of drug-likeness (QED) is 0.782. The number of hydrogen-bond acceptors (Lipinski definition) is 5. The van der Waals surface area contributed by atoms with Crippen LogP contribution >= 0.6 is 0 Å². The molecule has 2 heterocycles. The summed E-state index contributed by atoms with van der Waals surface area (Å²) in [4.78, 5) is 24.4. The van der Waals surface area contributed by atoms with E-state index in [2.05, 4.69) is 19.5 Å². The molecule has 0 spiro atoms. The van der Waals surface area contributed by atoms with Gasteiger partial charge in [0, 0.05) is 6.04 Å². The standard InChI is InChI=1S/C14H16N4O2/c1-20-14(19)12-11-13(16-6-15-12)18(7-17-11)10-5-8-2-3-9(10)4-8/h6-10H,2-5H2,1H3/t8-,9+,10+/m0/s1. The minimum absolute atomic E-state index is 0.249. The van der Waals surface area contributed by atoms with Crippen molar-refractivity contribution in [1.29, 1.82) is 0 Å². The Balaban J connectivity index is 1.80. The number of carbonyl (C=O) groups excluding carboxylic acids is 1. The van der Waals surface area contributed by atoms with Crippen LogP contribution in [-0.4, -0.2) is 32.6 Å². The zero-order valence-corrected chi connectivity index (χ0v) is 11.3. The second-order valence-electron chi connectivity index (χ2n) is 5.78. The largest absolute Gasteiger partial charge is 0.464 e. The molecule has 2 saturated carbocycles. The molecule has 2 fully saturated rings. The maximum atomic E-state index is 11.7. The molecule has 0 unspecified atom stereocenters. The van der Waals surface area contributed by atoms with E-state index in [0.29, 0.717) is 11.6 Å². The number of aromatic nitrogens is 4. The number of esters is 1. The monoisotopic (exact) mass is 272 g/mol. The van der Waals surface area contributed by atoms with Crippen LogP contribution in [0.1, 0.15) is 42.2 Å². The topological polar surface area (TPSA) is 69.9 Å². The van der Waals surface area contributed by atoms with Crippen molar-refractivity contribution in [2.24, 2.45) is 11.8 Å². The molecule has 2 aromatic heterocycles. The van der Waals surface area contributed by atoms with Crippen LogP contribution in [0.2, 0.25) is 0 Å². The highest BCUT2D eigenvalue weighted by Crippen LogP contribution is 2.51. The third kappa shape index (κ3) is 1.57. The van der Waals surface area contributed by atoms with Crippen molar-refractivity contribution in [3.8, 4) is 0 Å². The van der Waals surface area contributed by atoms with Crippen molar-refractivity contribution in [2.75, 3.05) is 7.11 Å². The van der Waals surface area contributed by atoms with E-state index in [9.17, 15) is 4.79 Å². The molecule has 0 amide bonds. The van der Waals surface area contributed by atoms with Gasteiger partial charge in [0.05, 0.1) is 13.4 Å². The summed E-state index contributed by atoms with van der Waals surface area (Å²) < 4.78 is 6.88. The van der Waals surface area contributed by atoms with Crippen molar-refractivity contribution in [2.45, 2.75) is 31.7 Å². The van der Waals surface area contributed by atoms with Crippen LogP contribution < -0.4 is 0 Å². The Labute approximate surface area is 116 Å². The number of nitrogens with zero attached hydrogens (tertiary/aromatic N) is 4. The molecule has 0 aromatic carbocycles. The Hall–Kier alpha value is -1.98. The molecule has 0 N–H and O–H groups in total. The molecule has 20 heavy (non-hydrogen) atoms. The fourth-order valence-corrected chi connectivity index (χ4v) is 3.89. The van der Waals surface area contributed by atoms with Crippen molar-refractivity contribution >= 4 is 17.1 Å². The van der Waals surface area contributed by atoms with Crippen molar-refractivity contribution in [3.63, 3.8) is 0 Å². The number of imidazole rings is 1. The molecule has 4 rings (SSSR count). The van der Waals surface area contributed by atoms with Crippen LogP contribution in [0.15, 0.2) is 12.7 Å². The highest BCUT2D eigenvalue weighted by atomic mass is 16.5. The summed E-state index contributed by atoms with van der Waals surface area (Å²) in [5, 5.41) is 0. The van der Waals surface area contributed by atoms with Gasteiger partial charge in [-0.25, -0.2) is 19.7 Å². The summed E-state index contributed by atoms with van der Waals surface area (Å²) in [5.74, 6) is 1.12. The normalized spacial score (nSPS) is 28.1. The van der Waals surface area contributed by atoms with Gasteiger partial charge in [0.2, 0.25) is 0 Å². The van der Waals surface area contributed by atoms with Gasteiger partial charge < -0.3 is 9.30 Å². The smallest absolute Gasteiger partial charge is 0.359 e. The van der Waals surface area contributed by atoms with E-state index < -0.39 is 5.97 Å². The lowest BCUT2D eigenvalue weighted by molar-refractivity contribution is 0.0596. The first-order valence-electron chi connectivity index (χ1n) is 7.03. The van der Waals surface area contributed by atoms with Crippen molar-refractivity contribution in [3.05, 3.63) is 18.3 Å². The maximum absolute atomic E-state index is 11.7. The SMILES string of the molecule is COC(=O)c1ncnc2c1ncn2[C@@H]1C[C@H]2CC[C@@H]1C2. The third-order valence-corrected chi connectivity index (χ3v) is 4.80. The van der Waals surface area contributed by atoms with Gasteiger partial charge in [0.1, 0.15) is 11.8 Å². The van der Waals surface area contributed by atoms with E-state index in [0.717, 1.165) is 17.5 Å². The molecule has 2 aromatic rings. The van der Waals surface area contributed by atoms with E-state index >= 15 is 0 Å². The molecule has 2 bridgehead atoms. The predicted molar refractivity (Wildman–Crippen MR) is 71.1 cm³/mol. The Kier molecular flexibility index (Phi) is 2.52. The molecule has 0 saturated heterocycles. The summed E-state index contributed by atoms with van der Waals surface area (Å²) in [5.41, 5.74) is 1.54. The van der Waals surface area contributed by atoms with Crippen LogP contribution in [-0.2, 0) is 4.74 Å². The van der Waals surface area contributed by atoms with Crippen molar-refractivity contribution < 1.29 is 9.53 Å². The van der Waals surface area contributed by atoms with E-state index in [1.54, 1.807) is 6.33 Å². The average molecular weight is 272 g/mol. The van der Waals surface area contributed by atoms with Gasteiger partial charge in [-0.3, -0.25) is 0 Å². The van der Waals surface area contributed by atoms with Crippen LogP contribution in [0, 0.1) is 11.8 Å². The third-order valence-electron chi connectivity index (χ3n) is 4.80. The summed E-state index contributed by atoms with van der Waals surface area (Å²) in [6.45, 7) is 0. The first kappa shape index (κ1) is 11.8. The summed E-state index contributed by atoms with van der Waals surface area (Å²) in [6, 6.07) is 0.471. The lowest BCUT2D eigenvalue weighted by Crippen LogP contribution is -2.16. The molecule has 3 atom stereocenters. The Morgan fingerprint density at radius 3 is 2.90 bits per heavy atom. The zero-order valence-electron chi connectivity index (χ0n) is 11.3. The van der Waals surface area contributed by atoms with Crippen LogP contribution in [0.25, 0.3) is 11.2 Å². The highest BCUT2D eigenvalue weighted by molar-refractivity contribution is 5.98. The first-order chi connectivity index (χ1) is 9.78. The predicted octanol–water partition coefficient (Wildman–Crippen LogP) is 1.97. The molecule has 6 nitrogen and oxygen atoms in total. The lowest BCUT2D eigenvalue weighted by Gasteiger charge is -2.23. The minimum atomic E-state index is -0.462. The zero-order chi connectivity index (χ0) is 13.7. The van der Waals surface area contributed by atoms with E-state index in [1.165, 1.54) is 39.1 Å². The Morgan fingerprint density at radius 1 is 1.30 bits per heavy atom. The molecular formula is C14H16N4O2. The molecule has 104 valence electrons. The summed E-state index contributed by atoms with van der Waals surface area (Å²) in [7, 11) is 1.35. The number of methoxy groups -OCH3 is 1. The van der Waals surface area contributed by atoms with Gasteiger partial charge in [-0.15, -0.1) is 0 Å². The Morgan fingerprint density at radius 2 is 2.20 bits per heavy atom. The minimum Gasteiger partial charge on any atom is -0.464 e. The summed E-state index contributed by atoms with van der Waals surface area (Å²) in [6.07, 6.45) is 8.39. The summed E-state index contributed by atoms with van der Waals surface area (Å²) >= 11 is 0. The van der Waals surface area contributed by atoms with E-state index in [-0.39, 0.29) is 5.69 Å². The number of ether oxygens (including phenoxy) is 1. The molecule has 0 aliphatic heterocycles. The van der Waals surface area contributed by atoms with Crippen molar-refractivity contribution in [1.82, 2.24) is 19.5 Å². The van der Waals surface area contributed by atoms with Gasteiger partial charge in [-0.1, -0.05) is 6.42 Å². The van der Waals surface area contributed by atoms with Crippen LogP contribution in [0.3, 0.4) is 0 Å². The molecule has 6 heteroatoms. The van der Waals surface area contributed by atoms with Gasteiger partial charge in [-0.2, -0.15) is 0 Å². The van der Waals surface area contributed by atoms with Gasteiger partial charge in [-0.05, 0) is 31.1 Å². The molecule has 2 aliphatic rings. The number of carbonyl (C=O) groups is 1. The van der Waals surface area contributed by atoms with Gasteiger partial charge in [0.25, 0.3) is 0 Å². The maximum Gasteiger partial charge on any atom is 0.359 e. The Bertz CT molecular complexity index is 681. The fraction of sp³-hybridized carbons (Fsp3) is 0.571. The molecule has 2 aliphatic carbocycles. The fourth-order valence-electron chi connectivity index (χ4n) is 3.89. The second kappa shape index (κ2) is 4.26.